The number of hydrogen-bond acceptors (Lipinski definition) is 3. The van der Waals surface area contributed by atoms with Gasteiger partial charge in [0.25, 0.3) is 0 Å². The lowest BCUT2D eigenvalue weighted by atomic mass is 9.87. The number of rotatable bonds is 8. The lowest BCUT2D eigenvalue weighted by Gasteiger charge is -2.25. The van der Waals surface area contributed by atoms with Crippen LogP contribution < -0.4 is 16.0 Å². The molecule has 0 aromatic carbocycles. The predicted molar refractivity (Wildman–Crippen MR) is 79.9 cm³/mol. The van der Waals surface area contributed by atoms with E-state index in [1.54, 1.807) is 0 Å². The van der Waals surface area contributed by atoms with Crippen LogP contribution in [0.15, 0.2) is 0 Å². The molecule has 0 aromatic heterocycles. The molecule has 1 unspecified atom stereocenters. The summed E-state index contributed by atoms with van der Waals surface area (Å²) in [5.41, 5.74) is -0.105. The van der Waals surface area contributed by atoms with Crippen molar-refractivity contribution in [3.63, 3.8) is 0 Å². The summed E-state index contributed by atoms with van der Waals surface area (Å²) in [5.74, 6) is -1.23. The summed E-state index contributed by atoms with van der Waals surface area (Å²) >= 11 is 0. The first-order valence-corrected chi connectivity index (χ1v) is 7.17. The maximum Gasteiger partial charge on any atom is 0.315 e. The molecule has 0 aromatic rings. The topological polar surface area (TPSA) is 108 Å². The van der Waals surface area contributed by atoms with Crippen molar-refractivity contribution in [1.29, 1.82) is 0 Å². The third kappa shape index (κ3) is 11.7. The van der Waals surface area contributed by atoms with Crippen molar-refractivity contribution in [1.82, 2.24) is 16.0 Å². The predicted octanol–water partition coefficient (Wildman–Crippen LogP) is 1.09. The number of urea groups is 1. The molecule has 7 heteroatoms. The molecule has 0 rings (SSSR count). The third-order valence-electron chi connectivity index (χ3n) is 2.60. The largest absolute Gasteiger partial charge is 0.481 e. The molecule has 4 N–H and O–H groups in total. The minimum atomic E-state index is -0.967. The smallest absolute Gasteiger partial charge is 0.315 e. The molecule has 0 aliphatic rings. The fraction of sp³-hybridized carbons (Fsp3) is 0.786. The number of aliphatic carboxylic acids is 1. The Bertz CT molecular complexity index is 364. The van der Waals surface area contributed by atoms with E-state index in [-0.39, 0.29) is 24.3 Å². The zero-order chi connectivity index (χ0) is 16.5. The molecule has 3 amide bonds. The maximum absolute atomic E-state index is 11.7. The minimum Gasteiger partial charge on any atom is -0.481 e. The van der Waals surface area contributed by atoms with Crippen molar-refractivity contribution < 1.29 is 19.5 Å². The van der Waals surface area contributed by atoms with Gasteiger partial charge in [-0.15, -0.1) is 0 Å². The van der Waals surface area contributed by atoms with Crippen molar-refractivity contribution >= 4 is 17.9 Å². The molecule has 7 nitrogen and oxygen atoms in total. The molecule has 0 saturated carbocycles. The van der Waals surface area contributed by atoms with Gasteiger partial charge in [0, 0.05) is 12.6 Å². The van der Waals surface area contributed by atoms with E-state index >= 15 is 0 Å². The Morgan fingerprint density at radius 1 is 1.14 bits per heavy atom. The van der Waals surface area contributed by atoms with E-state index in [1.165, 1.54) is 0 Å². The Morgan fingerprint density at radius 3 is 2.24 bits per heavy atom. The van der Waals surface area contributed by atoms with Gasteiger partial charge in [-0.25, -0.2) is 4.79 Å². The Kier molecular flexibility index (Phi) is 8.42. The van der Waals surface area contributed by atoms with Crippen LogP contribution in [0.2, 0.25) is 0 Å². The van der Waals surface area contributed by atoms with Gasteiger partial charge in [-0.1, -0.05) is 27.7 Å². The molecular formula is C14H27N3O4. The van der Waals surface area contributed by atoms with E-state index in [0.29, 0.717) is 13.0 Å². The summed E-state index contributed by atoms with van der Waals surface area (Å²) in [6.45, 7) is 8.29. The molecule has 0 bridgehead atoms. The highest BCUT2D eigenvalue weighted by molar-refractivity contribution is 5.84. The highest BCUT2D eigenvalue weighted by Gasteiger charge is 2.22. The minimum absolute atomic E-state index is 0.105. The van der Waals surface area contributed by atoms with Gasteiger partial charge in [0.1, 0.15) is 0 Å². The molecule has 0 spiro atoms. The van der Waals surface area contributed by atoms with Gasteiger partial charge in [0.2, 0.25) is 5.91 Å². The Labute approximate surface area is 125 Å². The van der Waals surface area contributed by atoms with Crippen molar-refractivity contribution in [2.24, 2.45) is 5.41 Å². The van der Waals surface area contributed by atoms with Crippen LogP contribution in [0, 0.1) is 5.41 Å². The van der Waals surface area contributed by atoms with Gasteiger partial charge < -0.3 is 21.1 Å². The van der Waals surface area contributed by atoms with Crippen molar-refractivity contribution in [2.75, 3.05) is 13.1 Å². The number of amides is 3. The number of carbonyl (C=O) groups is 3. The zero-order valence-electron chi connectivity index (χ0n) is 13.3. The Hall–Kier alpha value is -1.79. The highest BCUT2D eigenvalue weighted by Crippen LogP contribution is 2.22. The van der Waals surface area contributed by atoms with Gasteiger partial charge in [-0.3, -0.25) is 9.59 Å². The Morgan fingerprint density at radius 2 is 1.76 bits per heavy atom. The average Bonchev–Trinajstić information content (AvgIpc) is 2.30. The number of hydrogen-bond donors (Lipinski definition) is 4. The lowest BCUT2D eigenvalue weighted by Crippen LogP contribution is -2.47. The van der Waals surface area contributed by atoms with E-state index in [0.717, 1.165) is 6.42 Å². The van der Waals surface area contributed by atoms with E-state index in [1.807, 2.05) is 27.7 Å². The summed E-state index contributed by atoms with van der Waals surface area (Å²) in [7, 11) is 0. The van der Waals surface area contributed by atoms with E-state index in [4.69, 9.17) is 5.11 Å². The van der Waals surface area contributed by atoms with Gasteiger partial charge >= 0.3 is 12.0 Å². The van der Waals surface area contributed by atoms with Crippen LogP contribution in [0.25, 0.3) is 0 Å². The van der Waals surface area contributed by atoms with Crippen molar-refractivity contribution in [3.05, 3.63) is 0 Å². The third-order valence-corrected chi connectivity index (χ3v) is 2.60. The van der Waals surface area contributed by atoms with Gasteiger partial charge in [-0.2, -0.15) is 0 Å². The molecule has 0 heterocycles. The first kappa shape index (κ1) is 19.2. The molecule has 0 fully saturated rings. The van der Waals surface area contributed by atoms with Gasteiger partial charge in [0.05, 0.1) is 13.0 Å². The summed E-state index contributed by atoms with van der Waals surface area (Å²) < 4.78 is 0. The Balaban J connectivity index is 4.27. The zero-order valence-corrected chi connectivity index (χ0v) is 13.3. The molecule has 0 saturated heterocycles. The lowest BCUT2D eigenvalue weighted by molar-refractivity contribution is -0.137. The number of carbonyl (C=O) groups excluding carboxylic acids is 2. The highest BCUT2D eigenvalue weighted by atomic mass is 16.4. The van der Waals surface area contributed by atoms with Crippen molar-refractivity contribution in [2.45, 2.75) is 53.0 Å². The number of carboxylic acids is 1. The number of carboxylic acid groups (broad SMARTS) is 1. The fourth-order valence-corrected chi connectivity index (χ4v) is 1.85. The van der Waals surface area contributed by atoms with E-state index in [2.05, 4.69) is 16.0 Å². The molecule has 1 atom stereocenters. The summed E-state index contributed by atoms with van der Waals surface area (Å²) in [6, 6.07) is -1.00. The first-order chi connectivity index (χ1) is 9.64. The van der Waals surface area contributed by atoms with Crippen molar-refractivity contribution in [3.8, 4) is 0 Å². The second-order valence-electron chi connectivity index (χ2n) is 6.24. The summed E-state index contributed by atoms with van der Waals surface area (Å²) in [6.07, 6.45) is 1.21. The molecule has 0 aliphatic heterocycles. The fourth-order valence-electron chi connectivity index (χ4n) is 1.85. The van der Waals surface area contributed by atoms with Crippen LogP contribution in [-0.4, -0.2) is 42.1 Å². The van der Waals surface area contributed by atoms with Crippen LogP contribution in [0.5, 0.6) is 0 Å². The second-order valence-corrected chi connectivity index (χ2v) is 6.24. The van der Waals surface area contributed by atoms with Gasteiger partial charge in [0.15, 0.2) is 0 Å². The quantitative estimate of drug-likeness (QED) is 0.538. The maximum atomic E-state index is 11.7. The SMILES string of the molecule is CCCNC(=O)CNC(=O)NC(CC(=O)O)CC(C)(C)C. The van der Waals surface area contributed by atoms with E-state index < -0.39 is 18.0 Å². The van der Waals surface area contributed by atoms with Gasteiger partial charge in [-0.05, 0) is 18.3 Å². The van der Waals surface area contributed by atoms with Crippen LogP contribution >= 0.6 is 0 Å². The summed E-state index contributed by atoms with van der Waals surface area (Å²) in [5, 5.41) is 16.5. The standard InChI is InChI=1S/C14H27N3O4/c1-5-6-15-11(18)9-16-13(21)17-10(7-12(19)20)8-14(2,3)4/h10H,5-9H2,1-4H3,(H,15,18)(H,19,20)(H2,16,17,21). The molecular weight excluding hydrogens is 274 g/mol. The van der Waals surface area contributed by atoms with E-state index in [9.17, 15) is 14.4 Å². The normalized spacial score (nSPS) is 12.4. The molecule has 0 aliphatic carbocycles. The van der Waals surface area contributed by atoms with Crippen LogP contribution in [0.4, 0.5) is 4.79 Å². The van der Waals surface area contributed by atoms with Crippen LogP contribution in [0.3, 0.4) is 0 Å². The average molecular weight is 301 g/mol. The van der Waals surface area contributed by atoms with Crippen LogP contribution in [0.1, 0.15) is 47.0 Å². The number of nitrogens with one attached hydrogen (secondary N) is 3. The van der Waals surface area contributed by atoms with Crippen LogP contribution in [-0.2, 0) is 9.59 Å². The monoisotopic (exact) mass is 301 g/mol. The second kappa shape index (κ2) is 9.20. The molecule has 21 heavy (non-hydrogen) atoms. The first-order valence-electron chi connectivity index (χ1n) is 7.17. The molecule has 0 radical (unpaired) electrons. The summed E-state index contributed by atoms with van der Waals surface area (Å²) in [4.78, 5) is 33.9. The molecule has 122 valence electrons.